The molecule has 0 aromatic carbocycles. The van der Waals surface area contributed by atoms with Gasteiger partial charge in [0.05, 0.1) is 0 Å². The molecule has 0 unspecified atom stereocenters. The van der Waals surface area contributed by atoms with Crippen molar-refractivity contribution in [2.24, 2.45) is 0 Å². The Morgan fingerprint density at radius 3 is 1.06 bits per heavy atom. The van der Waals surface area contributed by atoms with Crippen molar-refractivity contribution in [3.8, 4) is 0 Å². The van der Waals surface area contributed by atoms with E-state index in [1.54, 1.807) is 0 Å². The summed E-state index contributed by atoms with van der Waals surface area (Å²) >= 11 is 0. The van der Waals surface area contributed by atoms with E-state index in [4.69, 9.17) is 4.98 Å². The average molecular weight is 626 g/mol. The van der Waals surface area contributed by atoms with Crippen LogP contribution >= 0.6 is 24.0 Å². The largest absolute Gasteiger partial charge is 0 e. The van der Waals surface area contributed by atoms with Gasteiger partial charge in [0.15, 0.2) is 0 Å². The molecule has 0 aliphatic heterocycles. The number of nitrogens with one attached hydrogen (secondary N) is 1. The zero-order valence-corrected chi connectivity index (χ0v) is 27.2. The van der Waals surface area contributed by atoms with Crippen LogP contribution in [0, 0.1) is 0 Å². The van der Waals surface area contributed by atoms with Crippen molar-refractivity contribution in [2.45, 2.75) is 78.0 Å². The molecule has 3 radical (unpaired) electrons. The van der Waals surface area contributed by atoms with Gasteiger partial charge in [-0.05, 0) is 65.0 Å². The minimum atomic E-state index is -10.7. The van der Waals surface area contributed by atoms with Crippen LogP contribution in [0.1, 0.15) is 55.4 Å². The number of pyridine rings is 1. The van der Waals surface area contributed by atoms with Crippen LogP contribution in [0.3, 0.4) is 0 Å². The molecule has 0 aliphatic rings. The van der Waals surface area contributed by atoms with Crippen LogP contribution in [0.5, 0.6) is 0 Å². The molecule has 1 aromatic heterocycles. The van der Waals surface area contributed by atoms with E-state index in [1.165, 1.54) is 0 Å². The predicted octanol–water partition coefficient (Wildman–Crippen LogP) is 9.22. The van der Waals surface area contributed by atoms with Crippen LogP contribution in [0.4, 0.5) is 36.8 Å². The maximum atomic E-state index is 9.87. The topological polar surface area (TPSA) is 31.4 Å². The van der Waals surface area contributed by atoms with E-state index in [9.17, 15) is 25.2 Å². The number of nitrogens with zero attached hydrogens (tertiary/aromatic N) is 3. The molecule has 0 amide bonds. The maximum Gasteiger partial charge on any atom is 0 e. The van der Waals surface area contributed by atoms with Crippen molar-refractivity contribution in [3.05, 3.63) is 18.2 Å². The normalized spacial score (nSPS) is 13.2. The Labute approximate surface area is 230 Å². The summed E-state index contributed by atoms with van der Waals surface area (Å²) in [6.45, 7) is 18.6. The minimum absolute atomic E-state index is 0. The number of rotatable bonds is 8. The molecule has 0 bridgehead atoms. The smallest absolute Gasteiger partial charge is 0 e. The van der Waals surface area contributed by atoms with Crippen molar-refractivity contribution >= 4 is 44.0 Å². The van der Waals surface area contributed by atoms with Crippen molar-refractivity contribution in [3.63, 3.8) is 0 Å². The molecule has 1 N–H and O–H groups in total. The molecule has 15 heteroatoms. The first-order valence-electron chi connectivity index (χ1n) is 11.1. The van der Waals surface area contributed by atoms with Gasteiger partial charge in [0.2, 0.25) is 0 Å². The first-order chi connectivity index (χ1) is 14.9. The molecule has 1 rings (SSSR count). The SMILES string of the molecule is CC(C)P(C(C)C)N(C)c1cccc(N(C)P(C(C)C)C(C)C)n1.CNC.F[P-](F)(F)(F)(F)F.[B].[Fe]. The third-order valence-electron chi connectivity index (χ3n) is 4.19. The van der Waals surface area contributed by atoms with Crippen molar-refractivity contribution in [1.82, 2.24) is 10.3 Å². The Morgan fingerprint density at radius 2 is 0.889 bits per heavy atom. The molecule has 0 atom stereocenters. The van der Waals surface area contributed by atoms with E-state index in [0.717, 1.165) is 11.6 Å². The van der Waals surface area contributed by atoms with Gasteiger partial charge in [-0.15, -0.1) is 0 Å². The number of hydrogen-bond acceptors (Lipinski definition) is 4. The van der Waals surface area contributed by atoms with E-state index >= 15 is 0 Å². The molecule has 0 saturated carbocycles. The average Bonchev–Trinajstić information content (AvgIpc) is 2.58. The summed E-state index contributed by atoms with van der Waals surface area (Å²) in [7, 11) is -2.94. The van der Waals surface area contributed by atoms with Gasteiger partial charge >= 0.3 is 33.0 Å². The van der Waals surface area contributed by atoms with Crippen LogP contribution in [0.2, 0.25) is 0 Å². The van der Waals surface area contributed by atoms with Gasteiger partial charge in [-0.2, -0.15) is 0 Å². The van der Waals surface area contributed by atoms with Crippen LogP contribution in [0.15, 0.2) is 18.2 Å². The molecule has 4 nitrogen and oxygen atoms in total. The second kappa shape index (κ2) is 16.3. The van der Waals surface area contributed by atoms with Gasteiger partial charge in [0.1, 0.15) is 11.6 Å². The van der Waals surface area contributed by atoms with Gasteiger partial charge in [-0.3, -0.25) is 0 Å². The maximum absolute atomic E-state index is 10.7. The van der Waals surface area contributed by atoms with Gasteiger partial charge in [0, 0.05) is 39.6 Å². The summed E-state index contributed by atoms with van der Waals surface area (Å²) in [6.07, 6.45) is 0. The molecule has 0 spiro atoms. The van der Waals surface area contributed by atoms with Crippen LogP contribution in [-0.2, 0) is 17.1 Å². The van der Waals surface area contributed by atoms with E-state index in [2.05, 4.69) is 102 Å². The number of aromatic nitrogens is 1. The first-order valence-corrected chi connectivity index (χ1v) is 16.0. The van der Waals surface area contributed by atoms with Crippen molar-refractivity contribution in [1.29, 1.82) is 0 Å². The fourth-order valence-corrected chi connectivity index (χ4v) is 9.44. The zero-order valence-electron chi connectivity index (χ0n) is 23.4. The Bertz CT molecular complexity index is 660. The standard InChI is InChI=1S/C19H37N3P2.C2H7N.B.F6P.Fe/c1-14(2)23(15(3)4)21(9)18-12-11-13-19(20-18)22(10)24(16(5)6)17(7)8;1-3-2;;1-7(2,3,4,5)6;/h11-17H,1-10H3;3H,1-2H3;;;/q;;;-1;. The minimum Gasteiger partial charge on any atom is 0 e. The molecule has 0 aliphatic carbocycles. The summed E-state index contributed by atoms with van der Waals surface area (Å²) in [6, 6.07) is 6.47. The molecule has 217 valence electrons. The van der Waals surface area contributed by atoms with E-state index in [-0.39, 0.29) is 41.6 Å². The Hall–Kier alpha value is 0.164. The zero-order chi connectivity index (χ0) is 27.7. The second-order valence-electron chi connectivity index (χ2n) is 8.99. The summed E-state index contributed by atoms with van der Waals surface area (Å²) in [5.74, 6) is 2.21. The third kappa shape index (κ3) is 21.1. The molecule has 0 saturated heterocycles. The fraction of sp³-hybridized carbons (Fsp3) is 0.762. The Balaban J connectivity index is -0.000000363. The van der Waals surface area contributed by atoms with Gasteiger partial charge in [-0.1, -0.05) is 61.5 Å². The molecular weight excluding hydrogens is 582 g/mol. The van der Waals surface area contributed by atoms with Crippen LogP contribution in [0.25, 0.3) is 0 Å². The van der Waals surface area contributed by atoms with Crippen molar-refractivity contribution in [2.75, 3.05) is 37.5 Å². The molecule has 1 aromatic rings. The summed E-state index contributed by atoms with van der Waals surface area (Å²) in [5.41, 5.74) is 2.65. The molecule has 1 heterocycles. The van der Waals surface area contributed by atoms with Gasteiger partial charge in [-0.25, -0.2) is 4.98 Å². The quantitative estimate of drug-likeness (QED) is 0.177. The van der Waals surface area contributed by atoms with E-state index in [1.807, 2.05) is 14.1 Å². The van der Waals surface area contributed by atoms with Gasteiger partial charge < -0.3 is 14.7 Å². The van der Waals surface area contributed by atoms with Gasteiger partial charge in [0.25, 0.3) is 0 Å². The first kappa shape index (κ1) is 43.2. The summed E-state index contributed by atoms with van der Waals surface area (Å²) in [4.78, 5) is 5.03. The summed E-state index contributed by atoms with van der Waals surface area (Å²) in [5, 5.41) is 2.75. The van der Waals surface area contributed by atoms with Crippen LogP contribution in [-0.4, -0.2) is 64.2 Å². The second-order valence-corrected chi connectivity index (χ2v) is 17.8. The van der Waals surface area contributed by atoms with Crippen LogP contribution < -0.4 is 14.7 Å². The summed E-state index contributed by atoms with van der Waals surface area (Å²) < 4.78 is 64.0. The van der Waals surface area contributed by atoms with E-state index < -0.39 is 7.81 Å². The Morgan fingerprint density at radius 1 is 0.694 bits per heavy atom. The third-order valence-corrected chi connectivity index (χ3v) is 10.2. The number of anilines is 2. The number of hydrogen-bond donors (Lipinski definition) is 1. The monoisotopic (exact) mass is 626 g/mol. The number of halogens is 6. The molecular formula is C21H44BF6FeN4P3-. The predicted molar refractivity (Wildman–Crippen MR) is 150 cm³/mol. The fourth-order valence-electron chi connectivity index (χ4n) is 3.59. The molecule has 0 fully saturated rings. The van der Waals surface area contributed by atoms with Crippen molar-refractivity contribution < 1.29 is 42.3 Å². The van der Waals surface area contributed by atoms with E-state index in [0.29, 0.717) is 22.6 Å². The molecule has 36 heavy (non-hydrogen) atoms. The Kier molecular flexibility index (Phi) is 19.6.